The third kappa shape index (κ3) is 6.54. The fraction of sp³-hybridized carbons (Fsp3) is 1.00. The third-order valence-electron chi connectivity index (χ3n) is 1.92. The molecule has 0 saturated heterocycles. The van der Waals surface area contributed by atoms with Gasteiger partial charge in [-0.3, -0.25) is 0 Å². The molecular formula is C9H22O2SSi. The molecule has 0 bridgehead atoms. The van der Waals surface area contributed by atoms with E-state index >= 15 is 0 Å². The van der Waals surface area contributed by atoms with E-state index < -0.39 is 8.56 Å². The molecule has 0 saturated carbocycles. The predicted octanol–water partition coefficient (Wildman–Crippen LogP) is 2.84. The Morgan fingerprint density at radius 2 is 1.69 bits per heavy atom. The summed E-state index contributed by atoms with van der Waals surface area (Å²) in [6.45, 7) is 9.79. The first-order valence-electron chi connectivity index (χ1n) is 5.00. The van der Waals surface area contributed by atoms with Crippen molar-refractivity contribution in [3.8, 4) is 0 Å². The van der Waals surface area contributed by atoms with Crippen LogP contribution in [0.2, 0.25) is 12.6 Å². The summed E-state index contributed by atoms with van der Waals surface area (Å²) in [4.78, 5) is 0. The molecule has 0 rings (SSSR count). The maximum Gasteiger partial charge on any atom is 0.334 e. The van der Waals surface area contributed by atoms with Crippen LogP contribution in [0.15, 0.2) is 0 Å². The highest BCUT2D eigenvalue weighted by molar-refractivity contribution is 7.80. The second-order valence-corrected chi connectivity index (χ2v) is 7.61. The van der Waals surface area contributed by atoms with E-state index in [4.69, 9.17) is 8.85 Å². The summed E-state index contributed by atoms with van der Waals surface area (Å²) in [7, 11) is -1.86. The smallest absolute Gasteiger partial charge is 0.334 e. The van der Waals surface area contributed by atoms with Crippen LogP contribution in [-0.4, -0.2) is 27.0 Å². The van der Waals surface area contributed by atoms with Gasteiger partial charge in [-0.25, -0.2) is 0 Å². The first-order valence-corrected chi connectivity index (χ1v) is 8.04. The molecule has 2 nitrogen and oxygen atoms in total. The van der Waals surface area contributed by atoms with Gasteiger partial charge in [0.15, 0.2) is 0 Å². The molecular weight excluding hydrogens is 200 g/mol. The lowest BCUT2D eigenvalue weighted by atomic mass is 10.4. The molecule has 0 aromatic carbocycles. The monoisotopic (exact) mass is 222 g/mol. The van der Waals surface area contributed by atoms with E-state index in [1.165, 1.54) is 0 Å². The van der Waals surface area contributed by atoms with Crippen LogP contribution < -0.4 is 0 Å². The fourth-order valence-electron chi connectivity index (χ4n) is 1.27. The summed E-state index contributed by atoms with van der Waals surface area (Å²) < 4.78 is 11.4. The van der Waals surface area contributed by atoms with Gasteiger partial charge in [-0.2, -0.15) is 12.6 Å². The lowest BCUT2D eigenvalue weighted by Gasteiger charge is -2.26. The van der Waals surface area contributed by atoms with Gasteiger partial charge in [0.05, 0.1) is 0 Å². The van der Waals surface area contributed by atoms with Crippen molar-refractivity contribution in [3.63, 3.8) is 0 Å². The molecule has 0 aliphatic rings. The minimum atomic E-state index is -1.86. The molecule has 0 radical (unpaired) electrons. The second kappa shape index (κ2) is 6.87. The van der Waals surface area contributed by atoms with Gasteiger partial charge < -0.3 is 8.85 Å². The van der Waals surface area contributed by atoms with Crippen LogP contribution in [0.25, 0.3) is 0 Å². The Kier molecular flexibility index (Phi) is 7.13. The molecule has 80 valence electrons. The number of thiol groups is 1. The Morgan fingerprint density at radius 3 is 2.00 bits per heavy atom. The van der Waals surface area contributed by atoms with Crippen molar-refractivity contribution in [3.05, 3.63) is 0 Å². The predicted molar refractivity (Wildman–Crippen MR) is 62.7 cm³/mol. The van der Waals surface area contributed by atoms with E-state index in [1.54, 1.807) is 0 Å². The quantitative estimate of drug-likeness (QED) is 0.527. The molecule has 1 unspecified atom stereocenters. The number of hydrogen-bond acceptors (Lipinski definition) is 3. The van der Waals surface area contributed by atoms with E-state index in [0.29, 0.717) is 5.25 Å². The third-order valence-corrected chi connectivity index (χ3v) is 5.17. The van der Waals surface area contributed by atoms with Gasteiger partial charge in [0.1, 0.15) is 0 Å². The van der Waals surface area contributed by atoms with Gasteiger partial charge >= 0.3 is 8.56 Å². The van der Waals surface area contributed by atoms with E-state index in [2.05, 4.69) is 26.1 Å². The maximum atomic E-state index is 5.70. The van der Waals surface area contributed by atoms with Gasteiger partial charge in [0, 0.05) is 13.2 Å². The lowest BCUT2D eigenvalue weighted by Crippen LogP contribution is -2.39. The molecule has 0 N–H and O–H groups in total. The molecule has 0 aromatic rings. The molecule has 0 aromatic heterocycles. The molecule has 0 spiro atoms. The van der Waals surface area contributed by atoms with Gasteiger partial charge in [0.2, 0.25) is 0 Å². The molecule has 0 aliphatic carbocycles. The molecule has 0 amide bonds. The Bertz CT molecular complexity index is 125. The van der Waals surface area contributed by atoms with Crippen LogP contribution in [-0.2, 0) is 8.85 Å². The molecule has 0 aliphatic heterocycles. The molecule has 0 heterocycles. The van der Waals surface area contributed by atoms with Crippen LogP contribution in [0.1, 0.15) is 27.2 Å². The maximum absolute atomic E-state index is 5.70. The zero-order valence-corrected chi connectivity index (χ0v) is 11.1. The van der Waals surface area contributed by atoms with Gasteiger partial charge in [-0.15, -0.1) is 0 Å². The average molecular weight is 222 g/mol. The van der Waals surface area contributed by atoms with Crippen LogP contribution in [0.3, 0.4) is 0 Å². The first kappa shape index (κ1) is 13.5. The summed E-state index contributed by atoms with van der Waals surface area (Å²) >= 11 is 4.36. The number of rotatable bonds is 7. The molecule has 4 heteroatoms. The van der Waals surface area contributed by atoms with E-state index in [-0.39, 0.29) is 0 Å². The highest BCUT2D eigenvalue weighted by Crippen LogP contribution is 2.18. The average Bonchev–Trinajstić information content (AvgIpc) is 2.02. The summed E-state index contributed by atoms with van der Waals surface area (Å²) in [5.41, 5.74) is 0. The minimum absolute atomic E-state index is 0.438. The first-order chi connectivity index (χ1) is 6.04. The van der Waals surface area contributed by atoms with E-state index in [9.17, 15) is 0 Å². The van der Waals surface area contributed by atoms with Gasteiger partial charge in [-0.05, 0) is 38.1 Å². The van der Waals surface area contributed by atoms with E-state index in [0.717, 1.165) is 25.7 Å². The minimum Gasteiger partial charge on any atom is -0.395 e. The fourth-order valence-corrected chi connectivity index (χ4v) is 4.19. The zero-order valence-electron chi connectivity index (χ0n) is 9.17. The normalized spacial score (nSPS) is 14.5. The highest BCUT2D eigenvalue weighted by atomic mass is 32.1. The Labute approximate surface area is 88.7 Å². The SMILES string of the molecule is CCO[Si](C)(CCC(C)S)OCC. The van der Waals surface area contributed by atoms with Crippen molar-refractivity contribution < 1.29 is 8.85 Å². The number of hydrogen-bond donors (Lipinski definition) is 1. The Balaban J connectivity index is 3.91. The Morgan fingerprint density at radius 1 is 1.23 bits per heavy atom. The van der Waals surface area contributed by atoms with Crippen molar-refractivity contribution in [1.29, 1.82) is 0 Å². The van der Waals surface area contributed by atoms with Crippen molar-refractivity contribution in [2.75, 3.05) is 13.2 Å². The second-order valence-electron chi connectivity index (χ2n) is 3.39. The molecule has 13 heavy (non-hydrogen) atoms. The zero-order chi connectivity index (χ0) is 10.3. The van der Waals surface area contributed by atoms with Crippen LogP contribution in [0, 0.1) is 0 Å². The van der Waals surface area contributed by atoms with Crippen molar-refractivity contribution >= 4 is 21.2 Å². The van der Waals surface area contributed by atoms with Gasteiger partial charge in [-0.1, -0.05) is 6.92 Å². The van der Waals surface area contributed by atoms with Crippen LogP contribution in [0.5, 0.6) is 0 Å². The summed E-state index contributed by atoms with van der Waals surface area (Å²) in [5, 5.41) is 0.438. The topological polar surface area (TPSA) is 18.5 Å². The van der Waals surface area contributed by atoms with E-state index in [1.807, 2.05) is 13.8 Å². The lowest BCUT2D eigenvalue weighted by molar-refractivity contribution is 0.188. The van der Waals surface area contributed by atoms with Gasteiger partial charge in [0.25, 0.3) is 0 Å². The van der Waals surface area contributed by atoms with Crippen LogP contribution >= 0.6 is 12.6 Å². The summed E-state index contributed by atoms with van der Waals surface area (Å²) in [6, 6.07) is 1.04. The van der Waals surface area contributed by atoms with Crippen molar-refractivity contribution in [1.82, 2.24) is 0 Å². The standard InChI is InChI=1S/C9H22O2SSi/c1-5-10-13(4,11-6-2)8-7-9(3)12/h9,12H,5-8H2,1-4H3. The summed E-state index contributed by atoms with van der Waals surface area (Å²) in [6.07, 6.45) is 1.08. The summed E-state index contributed by atoms with van der Waals surface area (Å²) in [5.74, 6) is 0. The largest absolute Gasteiger partial charge is 0.395 e. The Hall–Kier alpha value is 0.487. The van der Waals surface area contributed by atoms with Crippen molar-refractivity contribution in [2.24, 2.45) is 0 Å². The highest BCUT2D eigenvalue weighted by Gasteiger charge is 2.30. The van der Waals surface area contributed by atoms with Crippen LogP contribution in [0.4, 0.5) is 0 Å². The molecule has 0 fully saturated rings. The molecule has 1 atom stereocenters. The van der Waals surface area contributed by atoms with Crippen molar-refractivity contribution in [2.45, 2.75) is 45.0 Å².